The highest BCUT2D eigenvalue weighted by atomic mass is 14.7. The van der Waals surface area contributed by atoms with Gasteiger partial charge in [-0.25, -0.2) is 0 Å². The Kier molecular flexibility index (Phi) is 4.11. The molecule has 1 atom stereocenters. The van der Waals surface area contributed by atoms with Gasteiger partial charge in [0.05, 0.1) is 5.69 Å². The molecular formula is C16H20N2. The molecule has 1 aromatic carbocycles. The predicted molar refractivity (Wildman–Crippen MR) is 75.7 cm³/mol. The molecule has 0 spiro atoms. The molecule has 94 valence electrons. The normalized spacial score (nSPS) is 12.4. The molecule has 18 heavy (non-hydrogen) atoms. The van der Waals surface area contributed by atoms with E-state index in [0.717, 1.165) is 12.1 Å². The van der Waals surface area contributed by atoms with Crippen LogP contribution in [0.5, 0.6) is 0 Å². The van der Waals surface area contributed by atoms with Crippen molar-refractivity contribution < 1.29 is 0 Å². The summed E-state index contributed by atoms with van der Waals surface area (Å²) in [6.45, 7) is 4.95. The van der Waals surface area contributed by atoms with Gasteiger partial charge in [-0.05, 0) is 49.6 Å². The molecule has 0 radical (unpaired) electrons. The van der Waals surface area contributed by atoms with Gasteiger partial charge in [0.2, 0.25) is 0 Å². The predicted octanol–water partition coefficient (Wildman–Crippen LogP) is 3.18. The minimum atomic E-state index is 0.302. The zero-order valence-corrected chi connectivity index (χ0v) is 11.1. The maximum absolute atomic E-state index is 5.76. The summed E-state index contributed by atoms with van der Waals surface area (Å²) < 4.78 is 0. The van der Waals surface area contributed by atoms with Crippen LogP contribution in [-0.4, -0.2) is 11.5 Å². The lowest BCUT2D eigenvalue weighted by Crippen LogP contribution is -2.12. The monoisotopic (exact) mass is 240 g/mol. The van der Waals surface area contributed by atoms with Crippen LogP contribution >= 0.6 is 0 Å². The van der Waals surface area contributed by atoms with Gasteiger partial charge < -0.3 is 5.73 Å². The first-order valence-corrected chi connectivity index (χ1v) is 6.41. The molecule has 0 amide bonds. The number of rotatable bonds is 4. The summed E-state index contributed by atoms with van der Waals surface area (Å²) in [5.74, 6) is 0.302. The zero-order chi connectivity index (χ0) is 13.0. The van der Waals surface area contributed by atoms with Crippen LogP contribution in [0, 0.1) is 13.8 Å². The molecule has 1 unspecified atom stereocenters. The van der Waals surface area contributed by atoms with Crippen LogP contribution in [0.2, 0.25) is 0 Å². The van der Waals surface area contributed by atoms with Crippen LogP contribution in [0.25, 0.3) is 0 Å². The van der Waals surface area contributed by atoms with E-state index in [1.165, 1.54) is 16.7 Å². The summed E-state index contributed by atoms with van der Waals surface area (Å²) in [4.78, 5) is 4.58. The van der Waals surface area contributed by atoms with Gasteiger partial charge in [-0.2, -0.15) is 0 Å². The van der Waals surface area contributed by atoms with Crippen molar-refractivity contribution in [3.63, 3.8) is 0 Å². The third-order valence-electron chi connectivity index (χ3n) is 3.50. The standard InChI is InChI=1S/C16H20N2/c1-12-9-11-18-16(13(12)2)15(8-10-17)14-6-4-3-5-7-14/h3-7,9,11,15H,8,10,17H2,1-2H3. The minimum absolute atomic E-state index is 0.302. The van der Waals surface area contributed by atoms with Crippen molar-refractivity contribution in [3.8, 4) is 0 Å². The Balaban J connectivity index is 2.45. The van der Waals surface area contributed by atoms with Gasteiger partial charge in [0.15, 0.2) is 0 Å². The topological polar surface area (TPSA) is 38.9 Å². The number of nitrogens with two attached hydrogens (primary N) is 1. The largest absolute Gasteiger partial charge is 0.330 e. The first-order chi connectivity index (χ1) is 8.74. The van der Waals surface area contributed by atoms with Gasteiger partial charge in [-0.1, -0.05) is 30.3 Å². The Morgan fingerprint density at radius 2 is 1.83 bits per heavy atom. The molecule has 1 aromatic heterocycles. The molecule has 0 saturated heterocycles. The van der Waals surface area contributed by atoms with Gasteiger partial charge in [0, 0.05) is 12.1 Å². The van der Waals surface area contributed by atoms with E-state index in [1.54, 1.807) is 0 Å². The number of aromatic nitrogens is 1. The fraction of sp³-hybridized carbons (Fsp3) is 0.312. The lowest BCUT2D eigenvalue weighted by atomic mass is 9.89. The summed E-state index contributed by atoms with van der Waals surface area (Å²) in [6.07, 6.45) is 2.82. The fourth-order valence-electron chi connectivity index (χ4n) is 2.32. The molecule has 0 fully saturated rings. The van der Waals surface area contributed by atoms with Crippen molar-refractivity contribution in [2.45, 2.75) is 26.2 Å². The van der Waals surface area contributed by atoms with E-state index >= 15 is 0 Å². The van der Waals surface area contributed by atoms with E-state index in [4.69, 9.17) is 5.73 Å². The second-order valence-electron chi connectivity index (χ2n) is 4.68. The Labute approximate surface area is 109 Å². The lowest BCUT2D eigenvalue weighted by Gasteiger charge is -2.19. The second-order valence-corrected chi connectivity index (χ2v) is 4.68. The first-order valence-electron chi connectivity index (χ1n) is 6.41. The minimum Gasteiger partial charge on any atom is -0.330 e. The van der Waals surface area contributed by atoms with Crippen LogP contribution in [-0.2, 0) is 0 Å². The van der Waals surface area contributed by atoms with Gasteiger partial charge in [-0.3, -0.25) is 4.98 Å². The molecule has 0 saturated carbocycles. The van der Waals surface area contributed by atoms with E-state index in [-0.39, 0.29) is 0 Å². The highest BCUT2D eigenvalue weighted by Gasteiger charge is 2.17. The number of benzene rings is 1. The molecule has 0 aliphatic carbocycles. The van der Waals surface area contributed by atoms with E-state index in [1.807, 2.05) is 12.3 Å². The third-order valence-corrected chi connectivity index (χ3v) is 3.50. The summed E-state index contributed by atoms with van der Waals surface area (Å²) >= 11 is 0. The molecule has 0 aliphatic rings. The van der Waals surface area contributed by atoms with Crippen molar-refractivity contribution >= 4 is 0 Å². The fourth-order valence-corrected chi connectivity index (χ4v) is 2.32. The van der Waals surface area contributed by atoms with E-state index in [2.05, 4.69) is 49.2 Å². The van der Waals surface area contributed by atoms with Gasteiger partial charge in [0.25, 0.3) is 0 Å². The third kappa shape index (κ3) is 2.59. The van der Waals surface area contributed by atoms with E-state index < -0.39 is 0 Å². The number of hydrogen-bond acceptors (Lipinski definition) is 2. The molecule has 0 aliphatic heterocycles. The molecular weight excluding hydrogens is 220 g/mol. The molecule has 1 heterocycles. The van der Waals surface area contributed by atoms with Crippen LogP contribution in [0.3, 0.4) is 0 Å². The lowest BCUT2D eigenvalue weighted by molar-refractivity contribution is 0.699. The molecule has 2 heteroatoms. The average molecular weight is 240 g/mol. The van der Waals surface area contributed by atoms with Crippen LogP contribution in [0.4, 0.5) is 0 Å². The van der Waals surface area contributed by atoms with Crippen molar-refractivity contribution in [3.05, 3.63) is 65.0 Å². The molecule has 2 rings (SSSR count). The van der Waals surface area contributed by atoms with Crippen LogP contribution in [0.1, 0.15) is 34.7 Å². The summed E-state index contributed by atoms with van der Waals surface area (Å²) in [5, 5.41) is 0. The van der Waals surface area contributed by atoms with Crippen molar-refractivity contribution in [2.24, 2.45) is 5.73 Å². The number of pyridine rings is 1. The van der Waals surface area contributed by atoms with Crippen molar-refractivity contribution in [1.82, 2.24) is 4.98 Å². The summed E-state index contributed by atoms with van der Waals surface area (Å²) in [7, 11) is 0. The molecule has 0 bridgehead atoms. The van der Waals surface area contributed by atoms with E-state index in [0.29, 0.717) is 12.5 Å². The summed E-state index contributed by atoms with van der Waals surface area (Å²) in [6, 6.07) is 12.6. The molecule has 2 aromatic rings. The maximum Gasteiger partial charge on any atom is 0.0510 e. The van der Waals surface area contributed by atoms with Crippen molar-refractivity contribution in [1.29, 1.82) is 0 Å². The SMILES string of the molecule is Cc1ccnc(C(CCN)c2ccccc2)c1C. The van der Waals surface area contributed by atoms with Gasteiger partial charge in [0.1, 0.15) is 0 Å². The Hall–Kier alpha value is -1.67. The second kappa shape index (κ2) is 5.78. The highest BCUT2D eigenvalue weighted by molar-refractivity contribution is 5.36. The van der Waals surface area contributed by atoms with Crippen LogP contribution < -0.4 is 5.73 Å². The number of nitrogens with zero attached hydrogens (tertiary/aromatic N) is 1. The Morgan fingerprint density at radius 3 is 2.50 bits per heavy atom. The number of aryl methyl sites for hydroxylation is 1. The van der Waals surface area contributed by atoms with Gasteiger partial charge in [-0.15, -0.1) is 0 Å². The Morgan fingerprint density at radius 1 is 1.11 bits per heavy atom. The smallest absolute Gasteiger partial charge is 0.0510 e. The summed E-state index contributed by atoms with van der Waals surface area (Å²) in [5.41, 5.74) is 10.8. The molecule has 2 N–H and O–H groups in total. The first kappa shape index (κ1) is 12.8. The average Bonchev–Trinajstić information content (AvgIpc) is 2.41. The van der Waals surface area contributed by atoms with Crippen molar-refractivity contribution in [2.75, 3.05) is 6.54 Å². The molecule has 2 nitrogen and oxygen atoms in total. The van der Waals surface area contributed by atoms with E-state index in [9.17, 15) is 0 Å². The maximum atomic E-state index is 5.76. The quantitative estimate of drug-likeness (QED) is 0.891. The Bertz CT molecular complexity index is 506. The zero-order valence-electron chi connectivity index (χ0n) is 11.1. The number of hydrogen-bond donors (Lipinski definition) is 1. The highest BCUT2D eigenvalue weighted by Crippen LogP contribution is 2.29. The van der Waals surface area contributed by atoms with Crippen LogP contribution in [0.15, 0.2) is 42.6 Å². The van der Waals surface area contributed by atoms with Gasteiger partial charge >= 0.3 is 0 Å².